The van der Waals surface area contributed by atoms with Crippen LogP contribution < -0.4 is 14.2 Å². The molecule has 0 amide bonds. The summed E-state index contributed by atoms with van der Waals surface area (Å²) in [5, 5.41) is 0. The van der Waals surface area contributed by atoms with Gasteiger partial charge in [-0.2, -0.15) is 0 Å². The Labute approximate surface area is 149 Å². The molecule has 2 aromatic rings. The first-order chi connectivity index (χ1) is 12.0. The number of carbonyl (C=O) groups excluding carboxylic acids is 1. The second-order valence-corrected chi connectivity index (χ2v) is 5.90. The summed E-state index contributed by atoms with van der Waals surface area (Å²) in [6.45, 7) is 4.25. The molecular formula is C21H24O4. The van der Waals surface area contributed by atoms with Crippen molar-refractivity contribution in [3.63, 3.8) is 0 Å². The van der Waals surface area contributed by atoms with E-state index in [4.69, 9.17) is 14.2 Å². The Hall–Kier alpha value is -2.75. The van der Waals surface area contributed by atoms with Gasteiger partial charge in [0, 0.05) is 11.1 Å². The van der Waals surface area contributed by atoms with E-state index in [9.17, 15) is 4.79 Å². The molecule has 0 spiro atoms. The zero-order valence-corrected chi connectivity index (χ0v) is 15.3. The maximum absolute atomic E-state index is 12.4. The summed E-state index contributed by atoms with van der Waals surface area (Å²) >= 11 is 0. The van der Waals surface area contributed by atoms with Crippen molar-refractivity contribution in [2.75, 3.05) is 21.3 Å². The van der Waals surface area contributed by atoms with Crippen molar-refractivity contribution in [3.05, 3.63) is 59.2 Å². The van der Waals surface area contributed by atoms with E-state index in [1.807, 2.05) is 30.3 Å². The largest absolute Gasteiger partial charge is 0.493 e. The first kappa shape index (κ1) is 18.6. The van der Waals surface area contributed by atoms with Gasteiger partial charge in [-0.05, 0) is 35.8 Å². The fourth-order valence-electron chi connectivity index (χ4n) is 2.55. The molecule has 4 heteroatoms. The maximum atomic E-state index is 12.4. The molecule has 132 valence electrons. The number of ether oxygens (including phenoxy) is 3. The second-order valence-electron chi connectivity index (χ2n) is 5.90. The number of allylic oxidation sites excluding steroid dienone is 1. The molecule has 0 radical (unpaired) electrons. The standard InChI is InChI=1S/C21H24O4/c1-14(2)15-6-8-16(9-7-15)18(22)12-10-17-11-13-19(23-3)21(25-5)20(17)24-4/h6-14H,1-5H3. The van der Waals surface area contributed by atoms with Crippen molar-refractivity contribution >= 4 is 11.9 Å². The summed E-state index contributed by atoms with van der Waals surface area (Å²) in [6, 6.07) is 11.3. The highest BCUT2D eigenvalue weighted by molar-refractivity contribution is 6.07. The molecule has 2 aromatic carbocycles. The van der Waals surface area contributed by atoms with E-state index in [-0.39, 0.29) is 5.78 Å². The maximum Gasteiger partial charge on any atom is 0.203 e. The average molecular weight is 340 g/mol. The van der Waals surface area contributed by atoms with E-state index in [2.05, 4.69) is 13.8 Å². The van der Waals surface area contributed by atoms with Crippen molar-refractivity contribution in [2.45, 2.75) is 19.8 Å². The molecule has 0 N–H and O–H groups in total. The predicted molar refractivity (Wildman–Crippen MR) is 100.0 cm³/mol. The van der Waals surface area contributed by atoms with Crippen LogP contribution in [0.15, 0.2) is 42.5 Å². The molecule has 0 aliphatic heterocycles. The van der Waals surface area contributed by atoms with Crippen LogP contribution in [0.25, 0.3) is 6.08 Å². The number of rotatable bonds is 7. The van der Waals surface area contributed by atoms with Gasteiger partial charge in [0.2, 0.25) is 5.75 Å². The van der Waals surface area contributed by atoms with Gasteiger partial charge in [0.05, 0.1) is 21.3 Å². The number of hydrogen-bond acceptors (Lipinski definition) is 4. The lowest BCUT2D eigenvalue weighted by atomic mass is 10.00. The minimum absolute atomic E-state index is 0.0628. The number of hydrogen-bond donors (Lipinski definition) is 0. The normalized spacial score (nSPS) is 11.0. The molecule has 2 rings (SSSR count). The second kappa shape index (κ2) is 8.38. The fraction of sp³-hybridized carbons (Fsp3) is 0.286. The summed E-state index contributed by atoms with van der Waals surface area (Å²) in [7, 11) is 4.67. The van der Waals surface area contributed by atoms with Crippen molar-refractivity contribution in [2.24, 2.45) is 0 Å². The third kappa shape index (κ3) is 4.21. The van der Waals surface area contributed by atoms with Crippen LogP contribution in [0, 0.1) is 0 Å². The van der Waals surface area contributed by atoms with Crippen molar-refractivity contribution in [1.29, 1.82) is 0 Å². The average Bonchev–Trinajstić information content (AvgIpc) is 2.64. The molecule has 4 nitrogen and oxygen atoms in total. The number of carbonyl (C=O) groups is 1. The van der Waals surface area contributed by atoms with E-state index in [1.54, 1.807) is 33.5 Å². The minimum atomic E-state index is -0.0628. The zero-order valence-electron chi connectivity index (χ0n) is 15.3. The van der Waals surface area contributed by atoms with Gasteiger partial charge in [0.1, 0.15) is 0 Å². The Morgan fingerprint density at radius 2 is 1.52 bits per heavy atom. The first-order valence-corrected chi connectivity index (χ1v) is 8.13. The lowest BCUT2D eigenvalue weighted by molar-refractivity contribution is 0.104. The van der Waals surface area contributed by atoms with Crippen LogP contribution in [-0.2, 0) is 0 Å². The summed E-state index contributed by atoms with van der Waals surface area (Å²) < 4.78 is 16.0. The molecule has 0 saturated carbocycles. The van der Waals surface area contributed by atoms with Crippen molar-refractivity contribution in [3.8, 4) is 17.2 Å². The molecule has 0 saturated heterocycles. The molecular weight excluding hydrogens is 316 g/mol. The fourth-order valence-corrected chi connectivity index (χ4v) is 2.55. The molecule has 0 heterocycles. The van der Waals surface area contributed by atoms with E-state index < -0.39 is 0 Å². The Morgan fingerprint density at radius 3 is 2.04 bits per heavy atom. The van der Waals surface area contributed by atoms with Gasteiger partial charge in [0.25, 0.3) is 0 Å². The molecule has 0 aliphatic rings. The van der Waals surface area contributed by atoms with Gasteiger partial charge in [-0.3, -0.25) is 4.79 Å². The lowest BCUT2D eigenvalue weighted by Gasteiger charge is -2.13. The molecule has 0 aliphatic carbocycles. The third-order valence-corrected chi connectivity index (χ3v) is 4.01. The van der Waals surface area contributed by atoms with Crippen LogP contribution in [0.1, 0.15) is 41.3 Å². The van der Waals surface area contributed by atoms with E-state index in [0.29, 0.717) is 28.7 Å². The van der Waals surface area contributed by atoms with Crippen LogP contribution in [-0.4, -0.2) is 27.1 Å². The topological polar surface area (TPSA) is 44.8 Å². The van der Waals surface area contributed by atoms with E-state index in [0.717, 1.165) is 5.56 Å². The van der Waals surface area contributed by atoms with Crippen LogP contribution in [0.4, 0.5) is 0 Å². The molecule has 25 heavy (non-hydrogen) atoms. The molecule has 0 fully saturated rings. The first-order valence-electron chi connectivity index (χ1n) is 8.13. The van der Waals surface area contributed by atoms with Gasteiger partial charge < -0.3 is 14.2 Å². The Bertz CT molecular complexity index is 758. The number of ketones is 1. The zero-order chi connectivity index (χ0) is 18.4. The summed E-state index contributed by atoms with van der Waals surface area (Å²) in [4.78, 5) is 12.4. The van der Waals surface area contributed by atoms with Gasteiger partial charge >= 0.3 is 0 Å². The van der Waals surface area contributed by atoms with Crippen molar-refractivity contribution < 1.29 is 19.0 Å². The Morgan fingerprint density at radius 1 is 0.880 bits per heavy atom. The van der Waals surface area contributed by atoms with Crippen LogP contribution in [0.3, 0.4) is 0 Å². The molecule has 0 atom stereocenters. The number of benzene rings is 2. The highest BCUT2D eigenvalue weighted by Gasteiger charge is 2.14. The van der Waals surface area contributed by atoms with E-state index in [1.165, 1.54) is 11.6 Å². The van der Waals surface area contributed by atoms with Crippen LogP contribution in [0.5, 0.6) is 17.2 Å². The predicted octanol–water partition coefficient (Wildman–Crippen LogP) is 4.73. The third-order valence-electron chi connectivity index (χ3n) is 4.01. The highest BCUT2D eigenvalue weighted by atomic mass is 16.5. The molecule has 0 unspecified atom stereocenters. The van der Waals surface area contributed by atoms with Gasteiger partial charge in [-0.1, -0.05) is 38.1 Å². The summed E-state index contributed by atoms with van der Waals surface area (Å²) in [5.74, 6) is 1.98. The Balaban J connectivity index is 2.27. The smallest absolute Gasteiger partial charge is 0.203 e. The molecule has 0 aromatic heterocycles. The number of methoxy groups -OCH3 is 3. The quantitative estimate of drug-likeness (QED) is 0.540. The van der Waals surface area contributed by atoms with Gasteiger partial charge in [0.15, 0.2) is 17.3 Å². The monoisotopic (exact) mass is 340 g/mol. The van der Waals surface area contributed by atoms with E-state index >= 15 is 0 Å². The SMILES string of the molecule is COc1ccc(C=CC(=O)c2ccc(C(C)C)cc2)c(OC)c1OC. The Kier molecular flexibility index (Phi) is 6.23. The lowest BCUT2D eigenvalue weighted by Crippen LogP contribution is -1.98. The molecule has 0 bridgehead atoms. The van der Waals surface area contributed by atoms with Gasteiger partial charge in [-0.15, -0.1) is 0 Å². The highest BCUT2D eigenvalue weighted by Crippen LogP contribution is 2.40. The van der Waals surface area contributed by atoms with Gasteiger partial charge in [-0.25, -0.2) is 0 Å². The minimum Gasteiger partial charge on any atom is -0.493 e. The summed E-state index contributed by atoms with van der Waals surface area (Å²) in [5.41, 5.74) is 2.61. The van der Waals surface area contributed by atoms with Crippen molar-refractivity contribution in [1.82, 2.24) is 0 Å². The van der Waals surface area contributed by atoms with Crippen LogP contribution >= 0.6 is 0 Å². The van der Waals surface area contributed by atoms with Crippen LogP contribution in [0.2, 0.25) is 0 Å². The summed E-state index contributed by atoms with van der Waals surface area (Å²) in [6.07, 6.45) is 3.26.